The first-order chi connectivity index (χ1) is 13.6. The van der Waals surface area contributed by atoms with Crippen LogP contribution < -0.4 is 11.0 Å². The van der Waals surface area contributed by atoms with Gasteiger partial charge in [0.05, 0.1) is 5.69 Å². The lowest BCUT2D eigenvalue weighted by atomic mass is 9.83. The molecule has 2 N–H and O–H groups in total. The number of carboxylic acid groups (broad SMARTS) is 1. The maximum atomic E-state index is 13.0. The minimum Gasteiger partial charge on any atom is -0.481 e. The van der Waals surface area contributed by atoms with Crippen molar-refractivity contribution in [2.75, 3.05) is 13.1 Å². The van der Waals surface area contributed by atoms with Crippen LogP contribution in [-0.2, 0) is 17.6 Å². The molecule has 2 heterocycles. The van der Waals surface area contributed by atoms with Crippen molar-refractivity contribution < 1.29 is 9.90 Å². The van der Waals surface area contributed by atoms with Gasteiger partial charge < -0.3 is 10.4 Å². The van der Waals surface area contributed by atoms with Gasteiger partial charge in [0.15, 0.2) is 0 Å². The Morgan fingerprint density at radius 2 is 1.82 bits per heavy atom. The lowest BCUT2D eigenvalue weighted by Crippen LogP contribution is -2.29. The van der Waals surface area contributed by atoms with Gasteiger partial charge in [-0.15, -0.1) is 0 Å². The zero-order chi connectivity index (χ0) is 19.5. The van der Waals surface area contributed by atoms with E-state index in [2.05, 4.69) is 23.5 Å². The monoisotopic (exact) mass is 383 g/mol. The first-order valence-corrected chi connectivity index (χ1v) is 10.5. The minimum absolute atomic E-state index is 0.0284. The van der Waals surface area contributed by atoms with Crippen molar-refractivity contribution in [2.24, 2.45) is 5.92 Å². The van der Waals surface area contributed by atoms with Crippen LogP contribution in [0.2, 0.25) is 0 Å². The van der Waals surface area contributed by atoms with Crippen LogP contribution >= 0.6 is 0 Å². The Hall–Kier alpha value is -2.34. The highest BCUT2D eigenvalue weighted by Crippen LogP contribution is 2.33. The van der Waals surface area contributed by atoms with Gasteiger partial charge in [0.2, 0.25) is 0 Å². The lowest BCUT2D eigenvalue weighted by Gasteiger charge is -2.28. The summed E-state index contributed by atoms with van der Waals surface area (Å²) in [5.41, 5.74) is 3.68. The fourth-order valence-electron chi connectivity index (χ4n) is 4.71. The first kappa shape index (κ1) is 19.0. The molecule has 1 aliphatic carbocycles. The average Bonchev–Trinajstić information content (AvgIpc) is 2.93. The number of hydrogen-bond donors (Lipinski definition) is 2. The Morgan fingerprint density at radius 1 is 1.07 bits per heavy atom. The molecule has 1 aromatic heterocycles. The molecule has 0 radical (unpaired) electrons. The minimum atomic E-state index is -0.716. The van der Waals surface area contributed by atoms with Gasteiger partial charge in [-0.05, 0) is 87.2 Å². The highest BCUT2D eigenvalue weighted by Gasteiger charge is 2.24. The number of benzene rings is 1. The predicted molar refractivity (Wildman–Crippen MR) is 108 cm³/mol. The number of fused-ring (bicyclic) bond motifs is 1. The number of nitrogens with one attached hydrogen (secondary N) is 1. The Morgan fingerprint density at radius 3 is 2.57 bits per heavy atom. The molecule has 0 spiro atoms. The van der Waals surface area contributed by atoms with Crippen molar-refractivity contribution in [2.45, 2.75) is 57.4 Å². The van der Waals surface area contributed by atoms with Gasteiger partial charge in [-0.25, -0.2) is 4.79 Å². The SMILES string of the molecule is O=C(O)CCC1CCC(n2ccn(-c3ccc4c(c3)CCNCC4)c2=O)CC1. The zero-order valence-corrected chi connectivity index (χ0v) is 16.3. The van der Waals surface area contributed by atoms with E-state index in [1.54, 1.807) is 4.57 Å². The van der Waals surface area contributed by atoms with Gasteiger partial charge in [-0.1, -0.05) is 6.07 Å². The van der Waals surface area contributed by atoms with Crippen molar-refractivity contribution in [3.8, 4) is 5.69 Å². The summed E-state index contributed by atoms with van der Waals surface area (Å²) >= 11 is 0. The third-order valence-corrected chi connectivity index (χ3v) is 6.39. The molecule has 28 heavy (non-hydrogen) atoms. The molecule has 2 aliphatic rings. The highest BCUT2D eigenvalue weighted by molar-refractivity contribution is 5.66. The van der Waals surface area contributed by atoms with E-state index in [1.165, 1.54) is 11.1 Å². The summed E-state index contributed by atoms with van der Waals surface area (Å²) in [7, 11) is 0. The van der Waals surface area contributed by atoms with Gasteiger partial charge in [0, 0.05) is 24.9 Å². The van der Waals surface area contributed by atoms with Gasteiger partial charge in [-0.2, -0.15) is 0 Å². The number of aromatic nitrogens is 2. The van der Waals surface area contributed by atoms with Crippen LogP contribution in [-0.4, -0.2) is 33.3 Å². The zero-order valence-electron chi connectivity index (χ0n) is 16.3. The van der Waals surface area contributed by atoms with E-state index in [-0.39, 0.29) is 18.2 Å². The molecule has 0 bridgehead atoms. The van der Waals surface area contributed by atoms with E-state index >= 15 is 0 Å². The van der Waals surface area contributed by atoms with Crippen LogP contribution in [0.15, 0.2) is 35.4 Å². The van der Waals surface area contributed by atoms with Crippen LogP contribution in [0.3, 0.4) is 0 Å². The highest BCUT2D eigenvalue weighted by atomic mass is 16.4. The van der Waals surface area contributed by atoms with Gasteiger partial charge in [-0.3, -0.25) is 13.9 Å². The topological polar surface area (TPSA) is 76.3 Å². The van der Waals surface area contributed by atoms with E-state index in [9.17, 15) is 9.59 Å². The van der Waals surface area contributed by atoms with Gasteiger partial charge in [0.25, 0.3) is 0 Å². The molecule has 2 aromatic rings. The van der Waals surface area contributed by atoms with E-state index in [4.69, 9.17) is 5.11 Å². The van der Waals surface area contributed by atoms with Crippen LogP contribution in [0.4, 0.5) is 0 Å². The number of aliphatic carboxylic acids is 1. The summed E-state index contributed by atoms with van der Waals surface area (Å²) in [4.78, 5) is 23.8. The number of hydrogen-bond acceptors (Lipinski definition) is 3. The van der Waals surface area contributed by atoms with E-state index in [0.717, 1.165) is 63.7 Å². The van der Waals surface area contributed by atoms with Gasteiger partial charge in [0.1, 0.15) is 0 Å². The molecule has 6 nitrogen and oxygen atoms in total. The Bertz CT molecular complexity index is 891. The number of rotatable bonds is 5. The Balaban J connectivity index is 1.47. The van der Waals surface area contributed by atoms with E-state index < -0.39 is 5.97 Å². The first-order valence-electron chi connectivity index (χ1n) is 10.5. The molecule has 150 valence electrons. The third-order valence-electron chi connectivity index (χ3n) is 6.39. The van der Waals surface area contributed by atoms with Crippen LogP contribution in [0.25, 0.3) is 5.69 Å². The maximum absolute atomic E-state index is 13.0. The normalized spacial score (nSPS) is 22.4. The maximum Gasteiger partial charge on any atom is 0.332 e. The molecule has 0 saturated heterocycles. The summed E-state index contributed by atoms with van der Waals surface area (Å²) in [5.74, 6) is -0.240. The molecule has 1 aromatic carbocycles. The fourth-order valence-corrected chi connectivity index (χ4v) is 4.71. The molecule has 4 rings (SSSR count). The van der Waals surface area contributed by atoms with Crippen molar-refractivity contribution in [1.29, 1.82) is 0 Å². The van der Waals surface area contributed by atoms with Crippen molar-refractivity contribution in [1.82, 2.24) is 14.5 Å². The molecule has 0 amide bonds. The van der Waals surface area contributed by atoms with Crippen LogP contribution in [0, 0.1) is 5.92 Å². The quantitative estimate of drug-likeness (QED) is 0.832. The summed E-state index contributed by atoms with van der Waals surface area (Å²) in [6.45, 7) is 2.00. The predicted octanol–water partition coefficient (Wildman–Crippen LogP) is 2.92. The molecule has 6 heteroatoms. The van der Waals surface area contributed by atoms with Crippen molar-refractivity contribution >= 4 is 5.97 Å². The lowest BCUT2D eigenvalue weighted by molar-refractivity contribution is -0.137. The Labute approximate surface area is 165 Å². The van der Waals surface area contributed by atoms with Crippen LogP contribution in [0.5, 0.6) is 0 Å². The summed E-state index contributed by atoms with van der Waals surface area (Å²) in [5, 5.41) is 12.3. The molecular weight excluding hydrogens is 354 g/mol. The van der Waals surface area contributed by atoms with Crippen molar-refractivity contribution in [3.63, 3.8) is 0 Å². The number of carboxylic acids is 1. The second kappa shape index (κ2) is 8.35. The second-order valence-corrected chi connectivity index (χ2v) is 8.17. The summed E-state index contributed by atoms with van der Waals surface area (Å²) in [6.07, 6.45) is 10.7. The van der Waals surface area contributed by atoms with Gasteiger partial charge >= 0.3 is 11.7 Å². The summed E-state index contributed by atoms with van der Waals surface area (Å²) < 4.78 is 3.63. The molecular formula is C22H29N3O3. The second-order valence-electron chi connectivity index (χ2n) is 8.17. The molecule has 1 aliphatic heterocycles. The van der Waals surface area contributed by atoms with E-state index in [0.29, 0.717) is 5.92 Å². The molecule has 1 saturated carbocycles. The fraction of sp³-hybridized carbons (Fsp3) is 0.545. The number of imidazole rings is 1. The number of carbonyl (C=O) groups is 1. The van der Waals surface area contributed by atoms with Crippen molar-refractivity contribution in [3.05, 3.63) is 52.2 Å². The van der Waals surface area contributed by atoms with E-state index in [1.807, 2.05) is 17.0 Å². The molecule has 0 unspecified atom stereocenters. The van der Waals surface area contributed by atoms with Crippen LogP contribution in [0.1, 0.15) is 55.7 Å². The molecule has 1 fully saturated rings. The molecule has 0 atom stereocenters. The Kier molecular flexibility index (Phi) is 5.67. The average molecular weight is 383 g/mol. The summed E-state index contributed by atoms with van der Waals surface area (Å²) in [6, 6.07) is 6.60. The number of nitrogens with zero attached hydrogens (tertiary/aromatic N) is 2. The standard InChI is InChI=1S/C22H29N3O3/c26-21(27)8-3-16-1-5-19(6-2-16)24-13-14-25(22(24)28)20-7-4-17-9-11-23-12-10-18(17)15-20/h4,7,13-16,19,23H,1-3,5-6,8-12H2,(H,26,27). The third kappa shape index (κ3) is 4.07. The largest absolute Gasteiger partial charge is 0.481 e. The smallest absolute Gasteiger partial charge is 0.332 e.